The third-order valence-electron chi connectivity index (χ3n) is 5.04. The van der Waals surface area contributed by atoms with E-state index in [1.165, 1.54) is 34.0 Å². The summed E-state index contributed by atoms with van der Waals surface area (Å²) in [5.41, 5.74) is 5.46. The molecule has 1 amide bonds. The molecule has 2 aliphatic rings. The Morgan fingerprint density at radius 1 is 1.30 bits per heavy atom. The molecular formula is C15H24N4O3S. The molecule has 2 fully saturated rings. The number of hydrogen-bond acceptors (Lipinski definition) is 4. The molecular weight excluding hydrogens is 316 g/mol. The van der Waals surface area contributed by atoms with E-state index in [0.717, 1.165) is 19.4 Å². The molecule has 3 heterocycles. The molecule has 1 aromatic heterocycles. The number of nitrogens with zero attached hydrogens (tertiary/aromatic N) is 2. The average Bonchev–Trinajstić information content (AvgIpc) is 3.16. The van der Waals surface area contributed by atoms with Crippen LogP contribution in [0.15, 0.2) is 17.2 Å². The summed E-state index contributed by atoms with van der Waals surface area (Å²) in [6.07, 6.45) is 5.63. The largest absolute Gasteiger partial charge is 0.364 e. The summed E-state index contributed by atoms with van der Waals surface area (Å²) >= 11 is 0. The van der Waals surface area contributed by atoms with E-state index < -0.39 is 15.9 Å². The molecule has 0 aliphatic carbocycles. The zero-order chi connectivity index (χ0) is 16.6. The molecule has 1 aromatic rings. The molecule has 0 radical (unpaired) electrons. The molecule has 8 heteroatoms. The maximum atomic E-state index is 12.7. The second-order valence-corrected chi connectivity index (χ2v) is 8.42. The molecule has 1 unspecified atom stereocenters. The summed E-state index contributed by atoms with van der Waals surface area (Å²) < 4.78 is 28.5. The molecule has 3 rings (SSSR count). The van der Waals surface area contributed by atoms with Crippen molar-refractivity contribution in [2.24, 2.45) is 18.7 Å². The van der Waals surface area contributed by atoms with Crippen LogP contribution in [-0.2, 0) is 17.1 Å². The number of aromatic nitrogens is 1. The second kappa shape index (κ2) is 6.26. The first-order valence-corrected chi connectivity index (χ1v) is 9.53. The Labute approximate surface area is 136 Å². The minimum absolute atomic E-state index is 0.145. The highest BCUT2D eigenvalue weighted by molar-refractivity contribution is 7.89. The number of aryl methyl sites for hydroxylation is 1. The summed E-state index contributed by atoms with van der Waals surface area (Å²) in [5.74, 6) is -0.0686. The second-order valence-electron chi connectivity index (χ2n) is 6.48. The topological polar surface area (TPSA) is 97.4 Å². The van der Waals surface area contributed by atoms with Gasteiger partial charge in [0.05, 0.1) is 0 Å². The van der Waals surface area contributed by atoms with Crippen molar-refractivity contribution in [3.8, 4) is 0 Å². The van der Waals surface area contributed by atoms with E-state index in [-0.39, 0.29) is 10.6 Å². The number of carbonyl (C=O) groups is 1. The Kier molecular flexibility index (Phi) is 4.48. The van der Waals surface area contributed by atoms with E-state index in [9.17, 15) is 13.2 Å². The van der Waals surface area contributed by atoms with Gasteiger partial charge in [0, 0.05) is 32.4 Å². The van der Waals surface area contributed by atoms with Crippen molar-refractivity contribution in [1.82, 2.24) is 14.2 Å². The number of nitrogens with one attached hydrogen (secondary N) is 1. The van der Waals surface area contributed by atoms with E-state index in [2.05, 4.69) is 5.32 Å². The predicted octanol–water partition coefficient (Wildman–Crippen LogP) is 0.277. The van der Waals surface area contributed by atoms with Crippen molar-refractivity contribution in [3.63, 3.8) is 0 Å². The van der Waals surface area contributed by atoms with Gasteiger partial charge in [-0.25, -0.2) is 8.42 Å². The van der Waals surface area contributed by atoms with Gasteiger partial charge in [-0.05, 0) is 44.2 Å². The monoisotopic (exact) mass is 340 g/mol. The van der Waals surface area contributed by atoms with Crippen LogP contribution in [0.3, 0.4) is 0 Å². The third-order valence-corrected chi connectivity index (χ3v) is 6.90. The normalized spacial score (nSPS) is 24.1. The minimum Gasteiger partial charge on any atom is -0.364 e. The maximum absolute atomic E-state index is 12.7. The number of carbonyl (C=O) groups excluding carboxylic acids is 1. The van der Waals surface area contributed by atoms with Crippen molar-refractivity contribution in [3.05, 3.63) is 18.0 Å². The number of piperidine rings is 1. The van der Waals surface area contributed by atoms with E-state index >= 15 is 0 Å². The Balaban J connectivity index is 1.71. The van der Waals surface area contributed by atoms with Crippen LogP contribution < -0.4 is 11.1 Å². The van der Waals surface area contributed by atoms with Gasteiger partial charge in [0.25, 0.3) is 5.91 Å². The standard InChI is InChI=1S/C15H24N4O3S/c1-18-10-12(9-14(18)15(16)20)23(21,22)19-7-4-11(5-8-19)13-3-2-6-17-13/h9-11,13,17H,2-8H2,1H3,(H2,16,20). The first-order chi connectivity index (χ1) is 10.9. The van der Waals surface area contributed by atoms with Gasteiger partial charge in [0.1, 0.15) is 10.6 Å². The number of sulfonamides is 1. The Bertz CT molecular complexity index is 684. The lowest BCUT2D eigenvalue weighted by Gasteiger charge is -2.34. The highest BCUT2D eigenvalue weighted by Crippen LogP contribution is 2.29. The molecule has 0 spiro atoms. The fraction of sp³-hybridized carbons (Fsp3) is 0.667. The number of amides is 1. The summed E-state index contributed by atoms with van der Waals surface area (Å²) in [5, 5.41) is 3.51. The van der Waals surface area contributed by atoms with E-state index in [1.807, 2.05) is 0 Å². The Morgan fingerprint density at radius 3 is 2.52 bits per heavy atom. The number of rotatable bonds is 4. The van der Waals surface area contributed by atoms with Crippen LogP contribution in [0.25, 0.3) is 0 Å². The smallest absolute Gasteiger partial charge is 0.265 e. The Morgan fingerprint density at radius 2 is 2.00 bits per heavy atom. The van der Waals surface area contributed by atoms with Crippen LogP contribution >= 0.6 is 0 Å². The van der Waals surface area contributed by atoms with Crippen LogP contribution in [0.2, 0.25) is 0 Å². The summed E-state index contributed by atoms with van der Waals surface area (Å²) in [7, 11) is -1.94. The van der Waals surface area contributed by atoms with Crippen molar-refractivity contribution in [1.29, 1.82) is 0 Å². The highest BCUT2D eigenvalue weighted by atomic mass is 32.2. The van der Waals surface area contributed by atoms with Crippen LogP contribution in [0.4, 0.5) is 0 Å². The van der Waals surface area contributed by atoms with Gasteiger partial charge in [-0.15, -0.1) is 0 Å². The molecule has 128 valence electrons. The number of hydrogen-bond donors (Lipinski definition) is 2. The molecule has 0 bridgehead atoms. The lowest BCUT2D eigenvalue weighted by Crippen LogP contribution is -2.43. The molecule has 0 aromatic carbocycles. The summed E-state index contributed by atoms with van der Waals surface area (Å²) in [6, 6.07) is 1.90. The van der Waals surface area contributed by atoms with Gasteiger partial charge in [-0.2, -0.15) is 4.31 Å². The first kappa shape index (κ1) is 16.5. The van der Waals surface area contributed by atoms with Crippen molar-refractivity contribution in [2.75, 3.05) is 19.6 Å². The first-order valence-electron chi connectivity index (χ1n) is 8.09. The molecule has 0 saturated carbocycles. The molecule has 1 atom stereocenters. The van der Waals surface area contributed by atoms with Crippen LogP contribution in [0.5, 0.6) is 0 Å². The van der Waals surface area contributed by atoms with Gasteiger partial charge >= 0.3 is 0 Å². The maximum Gasteiger partial charge on any atom is 0.265 e. The van der Waals surface area contributed by atoms with Gasteiger partial charge in [0.15, 0.2) is 0 Å². The lowest BCUT2D eigenvalue weighted by molar-refractivity contribution is 0.0992. The quantitative estimate of drug-likeness (QED) is 0.822. The van der Waals surface area contributed by atoms with Gasteiger partial charge in [0.2, 0.25) is 10.0 Å². The molecule has 7 nitrogen and oxygen atoms in total. The number of primary amides is 1. The molecule has 3 N–H and O–H groups in total. The van der Waals surface area contributed by atoms with Crippen molar-refractivity contribution < 1.29 is 13.2 Å². The fourth-order valence-corrected chi connectivity index (χ4v) is 5.24. The minimum atomic E-state index is -3.56. The van der Waals surface area contributed by atoms with Gasteiger partial charge in [-0.3, -0.25) is 4.79 Å². The zero-order valence-corrected chi connectivity index (χ0v) is 14.2. The fourth-order valence-electron chi connectivity index (χ4n) is 3.70. The molecule has 2 saturated heterocycles. The van der Waals surface area contributed by atoms with Crippen LogP contribution in [-0.4, -0.2) is 48.9 Å². The SMILES string of the molecule is Cn1cc(S(=O)(=O)N2CCC(C3CCCN3)CC2)cc1C(N)=O. The molecule has 2 aliphatic heterocycles. The summed E-state index contributed by atoms with van der Waals surface area (Å²) in [6.45, 7) is 2.14. The highest BCUT2D eigenvalue weighted by Gasteiger charge is 2.34. The Hall–Kier alpha value is -1.38. The predicted molar refractivity (Wildman–Crippen MR) is 86.4 cm³/mol. The van der Waals surface area contributed by atoms with Crippen LogP contribution in [0, 0.1) is 5.92 Å². The van der Waals surface area contributed by atoms with E-state index in [4.69, 9.17) is 5.73 Å². The zero-order valence-electron chi connectivity index (χ0n) is 13.4. The average molecular weight is 340 g/mol. The van der Waals surface area contributed by atoms with Crippen LogP contribution in [0.1, 0.15) is 36.2 Å². The van der Waals surface area contributed by atoms with E-state index in [1.54, 1.807) is 7.05 Å². The third kappa shape index (κ3) is 3.15. The van der Waals surface area contributed by atoms with Crippen molar-refractivity contribution in [2.45, 2.75) is 36.6 Å². The lowest BCUT2D eigenvalue weighted by atomic mass is 9.89. The van der Waals surface area contributed by atoms with E-state index in [0.29, 0.717) is 25.0 Å². The number of nitrogens with two attached hydrogens (primary N) is 1. The van der Waals surface area contributed by atoms with Crippen molar-refractivity contribution >= 4 is 15.9 Å². The molecule has 23 heavy (non-hydrogen) atoms. The summed E-state index contributed by atoms with van der Waals surface area (Å²) in [4.78, 5) is 11.5. The van der Waals surface area contributed by atoms with Gasteiger partial charge in [-0.1, -0.05) is 0 Å². The van der Waals surface area contributed by atoms with Gasteiger partial charge < -0.3 is 15.6 Å².